The van der Waals surface area contributed by atoms with Gasteiger partial charge in [0.25, 0.3) is 0 Å². The zero-order valence-electron chi connectivity index (χ0n) is 11.9. The Bertz CT molecular complexity index is 605. The minimum absolute atomic E-state index is 0.798. The van der Waals surface area contributed by atoms with E-state index in [0.29, 0.717) is 0 Å². The monoisotopic (exact) mass is 331 g/mol. The molecule has 0 amide bonds. The van der Waals surface area contributed by atoms with Crippen molar-refractivity contribution in [1.82, 2.24) is 0 Å². The van der Waals surface area contributed by atoms with Crippen LogP contribution in [0.2, 0.25) is 0 Å². The zero-order chi connectivity index (χ0) is 14.4. The Labute approximate surface area is 129 Å². The number of aliphatic imine (C=N–C) groups is 1. The van der Waals surface area contributed by atoms with E-state index >= 15 is 0 Å². The van der Waals surface area contributed by atoms with Crippen molar-refractivity contribution < 1.29 is 0 Å². The van der Waals surface area contributed by atoms with Gasteiger partial charge in [-0.2, -0.15) is 0 Å². The molecule has 1 N–H and O–H groups in total. The first-order chi connectivity index (χ1) is 9.74. The van der Waals surface area contributed by atoms with Crippen LogP contribution in [0.15, 0.2) is 53.5 Å². The molecular formula is C17H19N2Se. The van der Waals surface area contributed by atoms with E-state index in [2.05, 4.69) is 70.5 Å². The number of anilines is 1. The third-order valence-electron chi connectivity index (χ3n) is 3.23. The van der Waals surface area contributed by atoms with E-state index in [1.54, 1.807) is 0 Å². The molecule has 0 atom stereocenters. The molecule has 2 rings (SSSR count). The average Bonchev–Trinajstić information content (AvgIpc) is 2.48. The Morgan fingerprint density at radius 1 is 0.950 bits per heavy atom. The predicted molar refractivity (Wildman–Crippen MR) is 88.1 cm³/mol. The standard InChI is InChI=1S/C17H19N2Se/c1-3-13-9-5-7-11-15(13)18-17(20)19-16-12-8-6-10-14(16)4-2/h5-12H,3-4H2,1-2H3,(H,18,19). The van der Waals surface area contributed by atoms with Crippen LogP contribution in [0.5, 0.6) is 0 Å². The summed E-state index contributed by atoms with van der Waals surface area (Å²) in [5.74, 6) is 0. The first kappa shape index (κ1) is 14.8. The van der Waals surface area contributed by atoms with Crippen LogP contribution in [-0.2, 0) is 12.8 Å². The maximum absolute atomic E-state index is 4.65. The van der Waals surface area contributed by atoms with Crippen molar-refractivity contribution in [2.75, 3.05) is 5.32 Å². The van der Waals surface area contributed by atoms with Crippen molar-refractivity contribution in [3.8, 4) is 0 Å². The Morgan fingerprint density at radius 3 is 2.25 bits per heavy atom. The van der Waals surface area contributed by atoms with E-state index in [0.717, 1.165) is 29.0 Å². The summed E-state index contributed by atoms with van der Waals surface area (Å²) < 4.78 is 0.798. The number of hydrogen-bond acceptors (Lipinski definition) is 1. The number of hydrogen-bond donors (Lipinski definition) is 1. The van der Waals surface area contributed by atoms with Crippen LogP contribution in [0, 0.1) is 0 Å². The Kier molecular flexibility index (Phi) is 5.39. The quantitative estimate of drug-likeness (QED) is 0.510. The van der Waals surface area contributed by atoms with E-state index in [1.165, 1.54) is 11.1 Å². The molecule has 3 heteroatoms. The fourth-order valence-electron chi connectivity index (χ4n) is 2.12. The third kappa shape index (κ3) is 3.72. The molecule has 0 aromatic heterocycles. The predicted octanol–water partition coefficient (Wildman–Crippen LogP) is 4.08. The summed E-state index contributed by atoms with van der Waals surface area (Å²) in [5.41, 5.74) is 4.68. The zero-order valence-corrected chi connectivity index (χ0v) is 13.6. The summed E-state index contributed by atoms with van der Waals surface area (Å²) in [5, 5.41) is 3.36. The molecule has 2 aromatic carbocycles. The molecule has 0 heterocycles. The third-order valence-corrected chi connectivity index (χ3v) is 3.64. The van der Waals surface area contributed by atoms with E-state index < -0.39 is 0 Å². The van der Waals surface area contributed by atoms with Crippen molar-refractivity contribution in [1.29, 1.82) is 0 Å². The normalized spacial score (nSPS) is 11.4. The summed E-state index contributed by atoms with van der Waals surface area (Å²) in [6.45, 7) is 4.30. The molecule has 0 bridgehead atoms. The Morgan fingerprint density at radius 2 is 1.55 bits per heavy atom. The van der Waals surface area contributed by atoms with Gasteiger partial charge >= 0.3 is 129 Å². The fourth-order valence-corrected chi connectivity index (χ4v) is 2.56. The fraction of sp³-hybridized carbons (Fsp3) is 0.235. The number of aryl methyl sites for hydroxylation is 2. The van der Waals surface area contributed by atoms with Gasteiger partial charge in [0.2, 0.25) is 0 Å². The van der Waals surface area contributed by atoms with Gasteiger partial charge in [-0.1, -0.05) is 0 Å². The van der Waals surface area contributed by atoms with Crippen LogP contribution in [0.3, 0.4) is 0 Å². The van der Waals surface area contributed by atoms with Gasteiger partial charge in [0.1, 0.15) is 0 Å². The van der Waals surface area contributed by atoms with Crippen LogP contribution in [0.25, 0.3) is 0 Å². The van der Waals surface area contributed by atoms with Gasteiger partial charge in [-0.3, -0.25) is 0 Å². The molecule has 0 saturated carbocycles. The molecule has 0 spiro atoms. The second kappa shape index (κ2) is 7.28. The topological polar surface area (TPSA) is 24.4 Å². The number of rotatable bonds is 4. The summed E-state index contributed by atoms with van der Waals surface area (Å²) in [6.07, 6.45) is 1.99. The molecule has 0 aliphatic rings. The number of benzene rings is 2. The number of nitrogens with one attached hydrogen (secondary N) is 1. The van der Waals surface area contributed by atoms with Gasteiger partial charge in [0, 0.05) is 0 Å². The van der Waals surface area contributed by atoms with Gasteiger partial charge in [-0.25, -0.2) is 0 Å². The second-order valence-corrected chi connectivity index (χ2v) is 5.35. The van der Waals surface area contributed by atoms with Gasteiger partial charge in [0.05, 0.1) is 0 Å². The first-order valence-electron chi connectivity index (χ1n) is 6.93. The molecule has 1 radical (unpaired) electrons. The van der Waals surface area contributed by atoms with Gasteiger partial charge in [0.15, 0.2) is 0 Å². The summed E-state index contributed by atoms with van der Waals surface area (Å²) >= 11 is 3.02. The van der Waals surface area contributed by atoms with E-state index in [4.69, 9.17) is 0 Å². The molecule has 2 aromatic rings. The van der Waals surface area contributed by atoms with Crippen LogP contribution in [0.1, 0.15) is 25.0 Å². The second-order valence-electron chi connectivity index (χ2n) is 4.53. The summed E-state index contributed by atoms with van der Waals surface area (Å²) in [4.78, 5) is 4.65. The van der Waals surface area contributed by atoms with Gasteiger partial charge in [-0.15, -0.1) is 0 Å². The number of para-hydroxylation sites is 2. The average molecular weight is 330 g/mol. The van der Waals surface area contributed by atoms with Crippen LogP contribution in [0.4, 0.5) is 11.4 Å². The summed E-state index contributed by atoms with van der Waals surface area (Å²) in [6, 6.07) is 16.5. The molecule has 20 heavy (non-hydrogen) atoms. The molecule has 0 aliphatic carbocycles. The Hall–Kier alpha value is -1.57. The van der Waals surface area contributed by atoms with Crippen molar-refractivity contribution in [2.24, 2.45) is 4.99 Å². The van der Waals surface area contributed by atoms with E-state index in [-0.39, 0.29) is 0 Å². The number of nitrogens with zero attached hydrogens (tertiary/aromatic N) is 1. The number of amidine groups is 1. The Balaban J connectivity index is 2.23. The molecule has 0 fully saturated rings. The van der Waals surface area contributed by atoms with E-state index in [9.17, 15) is 0 Å². The van der Waals surface area contributed by atoms with Crippen molar-refractivity contribution in [3.63, 3.8) is 0 Å². The minimum atomic E-state index is 0.798. The first-order valence-corrected chi connectivity index (χ1v) is 7.78. The van der Waals surface area contributed by atoms with Crippen LogP contribution in [-0.4, -0.2) is 20.7 Å². The van der Waals surface area contributed by atoms with E-state index in [1.807, 2.05) is 18.2 Å². The maximum atomic E-state index is 4.65. The van der Waals surface area contributed by atoms with Crippen molar-refractivity contribution in [2.45, 2.75) is 26.7 Å². The van der Waals surface area contributed by atoms with Crippen LogP contribution >= 0.6 is 0 Å². The van der Waals surface area contributed by atoms with Crippen molar-refractivity contribution >= 4 is 32.1 Å². The van der Waals surface area contributed by atoms with Crippen molar-refractivity contribution in [3.05, 3.63) is 59.7 Å². The summed E-state index contributed by atoms with van der Waals surface area (Å²) in [7, 11) is 0. The molecule has 0 aliphatic heterocycles. The van der Waals surface area contributed by atoms with Gasteiger partial charge < -0.3 is 0 Å². The SMILES string of the molecule is CCc1ccccc1N=C([Se])Nc1ccccc1CC. The molecule has 103 valence electrons. The molecule has 0 unspecified atom stereocenters. The molecule has 0 saturated heterocycles. The molecule has 2 nitrogen and oxygen atoms in total. The van der Waals surface area contributed by atoms with Crippen LogP contribution < -0.4 is 5.32 Å². The van der Waals surface area contributed by atoms with Gasteiger partial charge in [-0.05, 0) is 0 Å². The molecular weight excluding hydrogens is 311 g/mol.